The summed E-state index contributed by atoms with van der Waals surface area (Å²) in [5.74, 6) is -1.04. The summed E-state index contributed by atoms with van der Waals surface area (Å²) in [6.07, 6.45) is 4.71. The second kappa shape index (κ2) is 12.4. The molecule has 1 amide bonds. The van der Waals surface area contributed by atoms with E-state index in [2.05, 4.69) is 25.5 Å². The number of nitrogens with zero attached hydrogens (tertiary/aromatic N) is 7. The fourth-order valence-electron chi connectivity index (χ4n) is 7.00. The molecule has 12 nitrogen and oxygen atoms in total. The van der Waals surface area contributed by atoms with Crippen LogP contribution in [0.2, 0.25) is 5.11 Å². The van der Waals surface area contributed by atoms with Crippen molar-refractivity contribution in [2.24, 2.45) is 0 Å². The number of nitrogens with one attached hydrogen (secondary N) is 2. The number of alkyl carbamates (subject to hydrolysis) is 1. The molecule has 6 aromatic rings. The number of carbonyl (C=O) groups is 1. The first-order valence-electron chi connectivity index (χ1n) is 16.1. The average molecular weight is 679 g/mol. The SMILES string of the molecule is [B]C([B])([B])n1ncc2cc(-c3c(-c4cn(C([B])([B])C([B])([B])[B])nc4F)[nH]c4ncc5c(c34)n([C@@H]3CC[C@@H](NC(=O)OC)C3)c(=O)n5C([B])([B])[B])ccc21. The third-order valence-corrected chi connectivity index (χ3v) is 9.55. The normalized spacial score (nSPS) is 17.2. The number of aromatic amines is 1. The van der Waals surface area contributed by atoms with E-state index in [1.807, 2.05) is 0 Å². The first kappa shape index (κ1) is 37.1. The Hall–Kier alpha value is -4.23. The van der Waals surface area contributed by atoms with E-state index >= 15 is 4.39 Å². The number of rotatable bonds is 8. The Labute approximate surface area is 317 Å². The lowest BCUT2D eigenvalue weighted by molar-refractivity contribution is 0.166. The summed E-state index contributed by atoms with van der Waals surface area (Å²) in [4.78, 5) is 34.2. The average Bonchev–Trinajstić information content (AvgIpc) is 3.87. The predicted octanol–water partition coefficient (Wildman–Crippen LogP) is -1.18. The Morgan fingerprint density at radius 3 is 2.36 bits per heavy atom. The minimum absolute atomic E-state index is 0.122. The van der Waals surface area contributed by atoms with Gasteiger partial charge in [-0.25, -0.2) is 14.6 Å². The second-order valence-corrected chi connectivity index (χ2v) is 13.5. The molecule has 53 heavy (non-hydrogen) atoms. The van der Waals surface area contributed by atoms with Crippen molar-refractivity contribution in [1.82, 2.24) is 44.0 Å². The van der Waals surface area contributed by atoms with E-state index in [1.54, 1.807) is 18.2 Å². The Balaban J connectivity index is 1.57. The third-order valence-electron chi connectivity index (χ3n) is 9.55. The van der Waals surface area contributed by atoms with Gasteiger partial charge in [-0.2, -0.15) is 9.49 Å². The number of hydrogen-bond acceptors (Lipinski definition) is 6. The van der Waals surface area contributed by atoms with Gasteiger partial charge in [0.2, 0.25) is 5.95 Å². The summed E-state index contributed by atoms with van der Waals surface area (Å²) in [5, 5.41) is 3.25. The molecule has 5 aromatic heterocycles. The number of benzene rings is 1. The highest BCUT2D eigenvalue weighted by Crippen LogP contribution is 2.44. The van der Waals surface area contributed by atoms with Gasteiger partial charge < -0.3 is 19.6 Å². The molecule has 0 saturated heterocycles. The molecular weight excluding hydrogens is 660 g/mol. The van der Waals surface area contributed by atoms with E-state index in [0.29, 0.717) is 52.2 Å². The number of halogens is 1. The standard InChI is InChI=1S/C29H19B11FN9O3/c1-53-24(51)44-13-3-4-14(7-13)48-21-17(49(25(48)52)28(35,36)37)9-42-23-19(21)18(11-2-5-16-12(6-11)8-43-50(16)29(38,39)40)20(45-23)15-10-47(46-22(15)41)27(33,34)26(30,31)32/h2,5-6,8-10,13-14H,3-4,7H2,1H3,(H,42,45)(H,44,51)/t13-,14-/m1/s1. The molecule has 0 aliphatic heterocycles. The van der Waals surface area contributed by atoms with Gasteiger partial charge in [-0.1, -0.05) is 11.3 Å². The van der Waals surface area contributed by atoms with Gasteiger partial charge in [0, 0.05) is 29.2 Å². The van der Waals surface area contributed by atoms with Crippen molar-refractivity contribution in [2.45, 2.75) is 52.3 Å². The van der Waals surface area contributed by atoms with Crippen molar-refractivity contribution < 1.29 is 13.9 Å². The van der Waals surface area contributed by atoms with E-state index < -0.39 is 44.7 Å². The first-order chi connectivity index (χ1) is 24.6. The van der Waals surface area contributed by atoms with Crippen molar-refractivity contribution in [2.75, 3.05) is 7.11 Å². The van der Waals surface area contributed by atoms with Crippen LogP contribution < -0.4 is 11.0 Å². The molecule has 1 aliphatic rings. The van der Waals surface area contributed by atoms with Crippen molar-refractivity contribution >= 4 is 125 Å². The molecule has 7 rings (SSSR count). The largest absolute Gasteiger partial charge is 0.453 e. The number of fused-ring (bicyclic) bond motifs is 4. The first-order valence-corrected chi connectivity index (χ1v) is 16.1. The molecule has 5 heterocycles. The third kappa shape index (κ3) is 6.04. The topological polar surface area (TPSA) is 130 Å². The maximum Gasteiger partial charge on any atom is 0.407 e. The summed E-state index contributed by atoms with van der Waals surface area (Å²) in [7, 11) is 67.3. The molecule has 0 bridgehead atoms. The Kier molecular flexibility index (Phi) is 8.69. The minimum Gasteiger partial charge on any atom is -0.453 e. The van der Waals surface area contributed by atoms with E-state index in [9.17, 15) is 9.59 Å². The maximum atomic E-state index is 16.1. The Bertz CT molecular complexity index is 2490. The van der Waals surface area contributed by atoms with Crippen LogP contribution >= 0.6 is 0 Å². The smallest absolute Gasteiger partial charge is 0.407 e. The zero-order valence-corrected chi connectivity index (χ0v) is 28.3. The monoisotopic (exact) mass is 681 g/mol. The molecule has 24 heteroatoms. The van der Waals surface area contributed by atoms with Crippen molar-refractivity contribution in [3.63, 3.8) is 0 Å². The van der Waals surface area contributed by atoms with Gasteiger partial charge in [0.1, 0.15) is 5.65 Å². The minimum atomic E-state index is -2.27. The highest BCUT2D eigenvalue weighted by Gasteiger charge is 2.37. The quantitative estimate of drug-likeness (QED) is 0.195. The summed E-state index contributed by atoms with van der Waals surface area (Å²) in [6, 6.07) is 4.24. The lowest BCUT2D eigenvalue weighted by Crippen LogP contribution is -2.48. The van der Waals surface area contributed by atoms with Gasteiger partial charge in [-0.05, 0) is 47.5 Å². The van der Waals surface area contributed by atoms with Crippen LogP contribution in [0.25, 0.3) is 55.4 Å². The van der Waals surface area contributed by atoms with Crippen molar-refractivity contribution in [3.8, 4) is 22.4 Å². The molecular formula is C29H19B11FN9O3. The Morgan fingerprint density at radius 1 is 1.00 bits per heavy atom. The molecule has 1 aliphatic carbocycles. The number of amides is 1. The fourth-order valence-corrected chi connectivity index (χ4v) is 7.00. The summed E-state index contributed by atoms with van der Waals surface area (Å²) in [6.45, 7) is 0. The zero-order valence-electron chi connectivity index (χ0n) is 28.3. The number of pyridine rings is 1. The number of aromatic nitrogens is 8. The van der Waals surface area contributed by atoms with Gasteiger partial charge in [0.25, 0.3) is 0 Å². The van der Waals surface area contributed by atoms with Crippen molar-refractivity contribution in [3.05, 3.63) is 53.2 Å². The number of hydrogen-bond donors (Lipinski definition) is 2. The van der Waals surface area contributed by atoms with Gasteiger partial charge in [0.15, 0.2) is 0 Å². The molecule has 2 N–H and O–H groups in total. The van der Waals surface area contributed by atoms with Gasteiger partial charge in [-0.3, -0.25) is 13.9 Å². The summed E-state index contributed by atoms with van der Waals surface area (Å²) >= 11 is 0. The predicted molar refractivity (Wildman–Crippen MR) is 208 cm³/mol. The molecule has 22 radical (unpaired) electrons. The molecule has 1 fully saturated rings. The van der Waals surface area contributed by atoms with Crippen LogP contribution in [0.1, 0.15) is 25.3 Å². The van der Waals surface area contributed by atoms with Crippen LogP contribution in [0.3, 0.4) is 0 Å². The molecule has 238 valence electrons. The van der Waals surface area contributed by atoms with E-state index in [1.165, 1.54) is 34.9 Å². The number of imidazole rings is 1. The van der Waals surface area contributed by atoms with Crippen LogP contribution in [-0.2, 0) is 20.5 Å². The van der Waals surface area contributed by atoms with Gasteiger partial charge in [0.05, 0.1) is 139 Å². The molecule has 2 atom stereocenters. The number of H-pyrrole nitrogens is 1. The summed E-state index contributed by atoms with van der Waals surface area (Å²) < 4.78 is 25.4. The maximum absolute atomic E-state index is 16.1. The van der Waals surface area contributed by atoms with Crippen LogP contribution in [0.5, 0.6) is 0 Å². The van der Waals surface area contributed by atoms with Crippen LogP contribution in [0, 0.1) is 5.95 Å². The second-order valence-electron chi connectivity index (χ2n) is 13.5. The molecule has 1 aromatic carbocycles. The highest BCUT2D eigenvalue weighted by molar-refractivity contribution is 6.66. The van der Waals surface area contributed by atoms with Gasteiger partial charge in [-0.15, -0.1) is 10.2 Å². The van der Waals surface area contributed by atoms with Crippen LogP contribution in [0.15, 0.2) is 41.6 Å². The van der Waals surface area contributed by atoms with Crippen LogP contribution in [-0.4, -0.2) is 144 Å². The van der Waals surface area contributed by atoms with Crippen molar-refractivity contribution in [1.29, 1.82) is 0 Å². The highest BCUT2D eigenvalue weighted by atomic mass is 19.1. The fraction of sp³-hybridized carbons (Fsp3) is 0.345. The summed E-state index contributed by atoms with van der Waals surface area (Å²) in [5.41, 5.74) is 1.26. The van der Waals surface area contributed by atoms with E-state index in [-0.39, 0.29) is 28.5 Å². The van der Waals surface area contributed by atoms with E-state index in [0.717, 1.165) is 9.25 Å². The lowest BCUT2D eigenvalue weighted by Gasteiger charge is -2.42. The molecule has 0 spiro atoms. The van der Waals surface area contributed by atoms with E-state index in [4.69, 9.17) is 91.0 Å². The number of ether oxygens (including phenoxy) is 1. The molecule has 1 saturated carbocycles. The van der Waals surface area contributed by atoms with Gasteiger partial charge >= 0.3 is 11.8 Å². The number of carbonyl (C=O) groups excluding carboxylic acids is 1. The Morgan fingerprint density at radius 2 is 1.72 bits per heavy atom. The number of methoxy groups -OCH3 is 1. The lowest BCUT2D eigenvalue weighted by atomic mass is 9.26. The van der Waals surface area contributed by atoms with Crippen LogP contribution in [0.4, 0.5) is 9.18 Å². The molecule has 0 unspecified atom stereocenters. The zero-order chi connectivity index (χ0) is 38.6.